The molecule has 0 aromatic heterocycles. The van der Waals surface area contributed by atoms with Crippen LogP contribution in [0.2, 0.25) is 0 Å². The standard InChI is InChI=1S/C17H26BrNO2/c1-12(2)10-19(16(20)21-17(4,5)6)11-14-8-7-13(3)9-15(14)18/h7-9,12H,10-11H2,1-6H3. The van der Waals surface area contributed by atoms with Crippen molar-refractivity contribution < 1.29 is 9.53 Å². The molecule has 21 heavy (non-hydrogen) atoms. The van der Waals surface area contributed by atoms with E-state index in [1.807, 2.05) is 27.7 Å². The number of nitrogens with zero attached hydrogens (tertiary/aromatic N) is 1. The molecule has 118 valence electrons. The second-order valence-corrected chi connectivity index (χ2v) is 7.70. The molecular weight excluding hydrogens is 330 g/mol. The summed E-state index contributed by atoms with van der Waals surface area (Å²) in [6.45, 7) is 13.1. The fourth-order valence-corrected chi connectivity index (χ4v) is 2.58. The molecule has 0 bridgehead atoms. The normalized spacial score (nSPS) is 11.6. The zero-order valence-electron chi connectivity index (χ0n) is 13.9. The third-order valence-electron chi connectivity index (χ3n) is 2.81. The van der Waals surface area contributed by atoms with Crippen LogP contribution in [0.5, 0.6) is 0 Å². The first-order valence-corrected chi connectivity index (χ1v) is 8.10. The summed E-state index contributed by atoms with van der Waals surface area (Å²) in [6.07, 6.45) is -0.260. The van der Waals surface area contributed by atoms with E-state index in [1.54, 1.807) is 4.90 Å². The number of hydrogen-bond donors (Lipinski definition) is 0. The first-order chi connectivity index (χ1) is 9.58. The van der Waals surface area contributed by atoms with Crippen LogP contribution in [0.15, 0.2) is 22.7 Å². The van der Waals surface area contributed by atoms with Crippen molar-refractivity contribution in [3.63, 3.8) is 0 Å². The van der Waals surface area contributed by atoms with Gasteiger partial charge in [-0.3, -0.25) is 0 Å². The lowest BCUT2D eigenvalue weighted by atomic mass is 10.1. The summed E-state index contributed by atoms with van der Waals surface area (Å²) in [5.41, 5.74) is 1.81. The minimum Gasteiger partial charge on any atom is -0.444 e. The van der Waals surface area contributed by atoms with Crippen molar-refractivity contribution in [2.75, 3.05) is 6.54 Å². The Balaban J connectivity index is 2.90. The number of aryl methyl sites for hydroxylation is 1. The Morgan fingerprint density at radius 3 is 2.43 bits per heavy atom. The summed E-state index contributed by atoms with van der Waals surface area (Å²) < 4.78 is 6.54. The summed E-state index contributed by atoms with van der Waals surface area (Å²) in [6, 6.07) is 6.18. The van der Waals surface area contributed by atoms with Gasteiger partial charge in [0.05, 0.1) is 6.54 Å². The molecule has 0 N–H and O–H groups in total. The van der Waals surface area contributed by atoms with Gasteiger partial charge in [0.15, 0.2) is 0 Å². The SMILES string of the molecule is Cc1ccc(CN(CC(C)C)C(=O)OC(C)(C)C)c(Br)c1. The van der Waals surface area contributed by atoms with E-state index >= 15 is 0 Å². The van der Waals surface area contributed by atoms with Crippen LogP contribution in [0.25, 0.3) is 0 Å². The Kier molecular flexibility index (Phi) is 6.26. The van der Waals surface area contributed by atoms with Crippen molar-refractivity contribution in [1.82, 2.24) is 4.90 Å². The predicted molar refractivity (Wildman–Crippen MR) is 90.4 cm³/mol. The number of carbonyl (C=O) groups is 1. The smallest absolute Gasteiger partial charge is 0.410 e. The predicted octanol–water partition coefficient (Wildman–Crippen LogP) is 5.15. The fraction of sp³-hybridized carbons (Fsp3) is 0.588. The van der Waals surface area contributed by atoms with Crippen molar-refractivity contribution in [3.05, 3.63) is 33.8 Å². The second-order valence-electron chi connectivity index (χ2n) is 6.85. The number of carbonyl (C=O) groups excluding carboxylic acids is 1. The van der Waals surface area contributed by atoms with Crippen LogP contribution >= 0.6 is 15.9 Å². The monoisotopic (exact) mass is 355 g/mol. The Morgan fingerprint density at radius 2 is 1.95 bits per heavy atom. The molecule has 1 amide bonds. The van der Waals surface area contributed by atoms with Crippen LogP contribution in [0.1, 0.15) is 45.7 Å². The molecule has 0 saturated heterocycles. The van der Waals surface area contributed by atoms with E-state index in [4.69, 9.17) is 4.74 Å². The highest BCUT2D eigenvalue weighted by Crippen LogP contribution is 2.21. The zero-order chi connectivity index (χ0) is 16.2. The highest BCUT2D eigenvalue weighted by molar-refractivity contribution is 9.10. The number of halogens is 1. The summed E-state index contributed by atoms with van der Waals surface area (Å²) in [5.74, 6) is 0.391. The van der Waals surface area contributed by atoms with Crippen LogP contribution in [0.3, 0.4) is 0 Å². The van der Waals surface area contributed by atoms with Gasteiger partial charge in [0.1, 0.15) is 5.60 Å². The molecule has 0 aliphatic rings. The van der Waals surface area contributed by atoms with Gasteiger partial charge < -0.3 is 9.64 Å². The van der Waals surface area contributed by atoms with E-state index in [9.17, 15) is 4.79 Å². The molecule has 0 aliphatic carbocycles. The molecule has 0 aliphatic heterocycles. The lowest BCUT2D eigenvalue weighted by Gasteiger charge is -2.29. The van der Waals surface area contributed by atoms with Crippen molar-refractivity contribution in [3.8, 4) is 0 Å². The molecule has 0 heterocycles. The van der Waals surface area contributed by atoms with E-state index in [0.29, 0.717) is 19.0 Å². The minimum atomic E-state index is -0.475. The third kappa shape index (κ3) is 6.51. The van der Waals surface area contributed by atoms with Gasteiger partial charge in [-0.25, -0.2) is 4.79 Å². The van der Waals surface area contributed by atoms with Crippen molar-refractivity contribution >= 4 is 22.0 Å². The first-order valence-electron chi connectivity index (χ1n) is 7.31. The largest absolute Gasteiger partial charge is 0.444 e. The number of amides is 1. The molecule has 0 atom stereocenters. The van der Waals surface area contributed by atoms with Crippen LogP contribution in [0.4, 0.5) is 4.79 Å². The highest BCUT2D eigenvalue weighted by Gasteiger charge is 2.23. The highest BCUT2D eigenvalue weighted by atomic mass is 79.9. The lowest BCUT2D eigenvalue weighted by molar-refractivity contribution is 0.0211. The van der Waals surface area contributed by atoms with Crippen LogP contribution in [-0.4, -0.2) is 23.1 Å². The van der Waals surface area contributed by atoms with E-state index in [1.165, 1.54) is 5.56 Å². The van der Waals surface area contributed by atoms with Crippen LogP contribution in [-0.2, 0) is 11.3 Å². The maximum Gasteiger partial charge on any atom is 0.410 e. The summed E-state index contributed by atoms with van der Waals surface area (Å²) in [5, 5.41) is 0. The van der Waals surface area contributed by atoms with Crippen LogP contribution in [0, 0.1) is 12.8 Å². The van der Waals surface area contributed by atoms with E-state index in [0.717, 1.165) is 10.0 Å². The van der Waals surface area contributed by atoms with Gasteiger partial charge in [0.2, 0.25) is 0 Å². The average Bonchev–Trinajstić information content (AvgIpc) is 2.28. The Bertz CT molecular complexity index is 492. The third-order valence-corrected chi connectivity index (χ3v) is 3.55. The molecule has 0 radical (unpaired) electrons. The van der Waals surface area contributed by atoms with Crippen molar-refractivity contribution in [2.45, 2.75) is 53.7 Å². The quantitative estimate of drug-likeness (QED) is 0.747. The molecule has 4 heteroatoms. The van der Waals surface area contributed by atoms with Crippen molar-refractivity contribution in [2.24, 2.45) is 5.92 Å². The van der Waals surface area contributed by atoms with Gasteiger partial charge in [-0.15, -0.1) is 0 Å². The van der Waals surface area contributed by atoms with Gasteiger partial charge in [-0.05, 0) is 50.8 Å². The molecule has 1 aromatic rings. The summed E-state index contributed by atoms with van der Waals surface area (Å²) >= 11 is 3.57. The lowest BCUT2D eigenvalue weighted by Crippen LogP contribution is -2.38. The van der Waals surface area contributed by atoms with Crippen LogP contribution < -0.4 is 0 Å². The van der Waals surface area contributed by atoms with Crippen molar-refractivity contribution in [1.29, 1.82) is 0 Å². The maximum absolute atomic E-state index is 12.4. The molecule has 0 fully saturated rings. The Morgan fingerprint density at radius 1 is 1.33 bits per heavy atom. The summed E-state index contributed by atoms with van der Waals surface area (Å²) in [7, 11) is 0. The first kappa shape index (κ1) is 18.0. The molecule has 3 nitrogen and oxygen atoms in total. The summed E-state index contributed by atoms with van der Waals surface area (Å²) in [4.78, 5) is 14.1. The Labute approximate surface area is 136 Å². The maximum atomic E-state index is 12.4. The minimum absolute atomic E-state index is 0.260. The number of benzene rings is 1. The fourth-order valence-electron chi connectivity index (χ4n) is 1.96. The zero-order valence-corrected chi connectivity index (χ0v) is 15.5. The topological polar surface area (TPSA) is 29.5 Å². The molecule has 1 rings (SSSR count). The second kappa shape index (κ2) is 7.30. The molecule has 0 unspecified atom stereocenters. The van der Waals surface area contributed by atoms with Gasteiger partial charge in [0, 0.05) is 11.0 Å². The van der Waals surface area contributed by atoms with Gasteiger partial charge >= 0.3 is 6.09 Å². The van der Waals surface area contributed by atoms with E-state index in [-0.39, 0.29) is 6.09 Å². The molecule has 0 spiro atoms. The number of ether oxygens (including phenoxy) is 1. The van der Waals surface area contributed by atoms with Gasteiger partial charge in [0.25, 0.3) is 0 Å². The van der Waals surface area contributed by atoms with Gasteiger partial charge in [-0.1, -0.05) is 41.9 Å². The molecule has 0 saturated carbocycles. The molecular formula is C17H26BrNO2. The van der Waals surface area contributed by atoms with Gasteiger partial charge in [-0.2, -0.15) is 0 Å². The van der Waals surface area contributed by atoms with E-state index < -0.39 is 5.60 Å². The average molecular weight is 356 g/mol. The molecule has 1 aromatic carbocycles. The number of hydrogen-bond acceptors (Lipinski definition) is 2. The van der Waals surface area contributed by atoms with E-state index in [2.05, 4.69) is 48.0 Å². The Hall–Kier alpha value is -1.03. The number of rotatable bonds is 4.